The summed E-state index contributed by atoms with van der Waals surface area (Å²) >= 11 is 1.30. The second-order valence-corrected chi connectivity index (χ2v) is 6.54. The third-order valence-electron chi connectivity index (χ3n) is 4.54. The van der Waals surface area contributed by atoms with Crippen molar-refractivity contribution in [2.24, 2.45) is 23.7 Å². The number of allylic oxidation sites excluding steroid dienone is 2. The summed E-state index contributed by atoms with van der Waals surface area (Å²) in [6.45, 7) is -0.219. The molecule has 4 atom stereocenters. The van der Waals surface area contributed by atoms with Crippen LogP contribution < -0.4 is 5.32 Å². The number of thiazole rings is 1. The van der Waals surface area contributed by atoms with Gasteiger partial charge in [0.1, 0.15) is 6.54 Å². The number of carbonyl (C=O) groups is 3. The van der Waals surface area contributed by atoms with Crippen LogP contribution in [-0.2, 0) is 14.4 Å². The molecule has 4 rings (SSSR count). The Labute approximate surface area is 124 Å². The first kappa shape index (κ1) is 12.7. The molecule has 6 nitrogen and oxygen atoms in total. The molecule has 0 unspecified atom stereocenters. The number of rotatable bonds is 3. The van der Waals surface area contributed by atoms with Gasteiger partial charge in [-0.05, 0) is 18.3 Å². The Balaban J connectivity index is 1.48. The van der Waals surface area contributed by atoms with Crippen LogP contribution in [0.25, 0.3) is 0 Å². The molecular formula is C14H13N3O3S. The van der Waals surface area contributed by atoms with Crippen LogP contribution in [0.4, 0.5) is 5.13 Å². The molecule has 2 heterocycles. The highest BCUT2D eigenvalue weighted by molar-refractivity contribution is 7.13. The number of likely N-dealkylation sites (tertiary alicyclic amines) is 1. The fourth-order valence-corrected chi connectivity index (χ4v) is 4.25. The average molecular weight is 303 g/mol. The van der Waals surface area contributed by atoms with E-state index < -0.39 is 0 Å². The van der Waals surface area contributed by atoms with Gasteiger partial charge >= 0.3 is 0 Å². The van der Waals surface area contributed by atoms with E-state index in [-0.39, 0.29) is 47.9 Å². The van der Waals surface area contributed by atoms with E-state index in [9.17, 15) is 14.4 Å². The van der Waals surface area contributed by atoms with E-state index in [1.165, 1.54) is 11.3 Å². The van der Waals surface area contributed by atoms with Crippen LogP contribution in [0, 0.1) is 23.7 Å². The summed E-state index contributed by atoms with van der Waals surface area (Å²) in [5, 5.41) is 4.82. The summed E-state index contributed by atoms with van der Waals surface area (Å²) in [4.78, 5) is 41.8. The van der Waals surface area contributed by atoms with Crippen molar-refractivity contribution in [2.75, 3.05) is 11.9 Å². The fourth-order valence-electron chi connectivity index (χ4n) is 3.71. The van der Waals surface area contributed by atoms with Gasteiger partial charge in [0.05, 0.1) is 11.8 Å². The van der Waals surface area contributed by atoms with Gasteiger partial charge in [0.25, 0.3) is 0 Å². The molecule has 1 N–H and O–H groups in total. The monoisotopic (exact) mass is 303 g/mol. The van der Waals surface area contributed by atoms with Crippen LogP contribution >= 0.6 is 11.3 Å². The number of amides is 3. The first-order valence-electron chi connectivity index (χ1n) is 6.88. The number of nitrogens with one attached hydrogen (secondary N) is 1. The van der Waals surface area contributed by atoms with Crippen LogP contribution in [0.15, 0.2) is 23.7 Å². The lowest BCUT2D eigenvalue weighted by Gasteiger charge is -2.16. The summed E-state index contributed by atoms with van der Waals surface area (Å²) in [6.07, 6.45) is 6.55. The van der Waals surface area contributed by atoms with Gasteiger partial charge in [-0.25, -0.2) is 4.98 Å². The Hall–Kier alpha value is -2.02. The molecule has 1 aliphatic heterocycles. The quantitative estimate of drug-likeness (QED) is 0.664. The Morgan fingerprint density at radius 3 is 2.52 bits per heavy atom. The smallest absolute Gasteiger partial charge is 0.246 e. The van der Waals surface area contributed by atoms with Crippen molar-refractivity contribution in [3.05, 3.63) is 23.7 Å². The van der Waals surface area contributed by atoms with Gasteiger partial charge in [-0.3, -0.25) is 19.3 Å². The van der Waals surface area contributed by atoms with Gasteiger partial charge in [0.15, 0.2) is 5.13 Å². The number of imide groups is 1. The largest absolute Gasteiger partial charge is 0.300 e. The van der Waals surface area contributed by atoms with Crippen LogP contribution in [0.2, 0.25) is 0 Å². The molecule has 3 amide bonds. The van der Waals surface area contributed by atoms with Crippen molar-refractivity contribution in [3.8, 4) is 0 Å². The zero-order chi connectivity index (χ0) is 14.6. The molecule has 1 aromatic heterocycles. The standard InChI is InChI=1S/C14H13N3O3S/c18-9(16-14-15-3-4-21-14)6-17-12(19)10-7-1-2-8(5-7)11(10)13(17)20/h1-4,7-8,10-11H,5-6H2,(H,15,16,18)/t7-,8+,10+,11-. The van der Waals surface area contributed by atoms with Crippen molar-refractivity contribution < 1.29 is 14.4 Å². The molecule has 21 heavy (non-hydrogen) atoms. The predicted molar refractivity (Wildman–Crippen MR) is 75.2 cm³/mol. The van der Waals surface area contributed by atoms with E-state index in [4.69, 9.17) is 0 Å². The van der Waals surface area contributed by atoms with Crippen LogP contribution in [0.5, 0.6) is 0 Å². The lowest BCUT2D eigenvalue weighted by Crippen LogP contribution is -2.39. The Morgan fingerprint density at radius 1 is 1.29 bits per heavy atom. The van der Waals surface area contributed by atoms with Gasteiger partial charge in [0.2, 0.25) is 17.7 Å². The van der Waals surface area contributed by atoms with Gasteiger partial charge < -0.3 is 5.32 Å². The molecule has 0 spiro atoms. The number of nitrogens with zero attached hydrogens (tertiary/aromatic N) is 2. The van der Waals surface area contributed by atoms with Gasteiger partial charge in [0, 0.05) is 11.6 Å². The van der Waals surface area contributed by atoms with E-state index in [0.717, 1.165) is 11.3 Å². The Morgan fingerprint density at radius 2 is 1.95 bits per heavy atom. The third-order valence-corrected chi connectivity index (χ3v) is 5.23. The van der Waals surface area contributed by atoms with Crippen LogP contribution in [0.3, 0.4) is 0 Å². The molecule has 1 aromatic rings. The number of fused-ring (bicyclic) bond motifs is 5. The summed E-state index contributed by atoms with van der Waals surface area (Å²) in [5.74, 6) is -0.938. The summed E-state index contributed by atoms with van der Waals surface area (Å²) in [7, 11) is 0. The fraction of sp³-hybridized carbons (Fsp3) is 0.429. The maximum Gasteiger partial charge on any atom is 0.246 e. The van der Waals surface area contributed by atoms with Gasteiger partial charge in [-0.1, -0.05) is 12.2 Å². The van der Waals surface area contributed by atoms with Crippen molar-refractivity contribution >= 4 is 34.2 Å². The molecule has 108 valence electrons. The van der Waals surface area contributed by atoms with E-state index >= 15 is 0 Å². The van der Waals surface area contributed by atoms with Crippen molar-refractivity contribution in [1.29, 1.82) is 0 Å². The summed E-state index contributed by atoms with van der Waals surface area (Å²) < 4.78 is 0. The highest BCUT2D eigenvalue weighted by Gasteiger charge is 2.59. The highest BCUT2D eigenvalue weighted by Crippen LogP contribution is 2.52. The number of anilines is 1. The van der Waals surface area contributed by atoms with E-state index in [0.29, 0.717) is 5.13 Å². The molecule has 1 saturated heterocycles. The molecule has 1 saturated carbocycles. The normalized spacial score (nSPS) is 32.9. The maximum absolute atomic E-state index is 12.4. The Bertz CT molecular complexity index is 624. The number of carbonyl (C=O) groups excluding carboxylic acids is 3. The van der Waals surface area contributed by atoms with Crippen molar-refractivity contribution in [1.82, 2.24) is 9.88 Å². The summed E-state index contributed by atoms with van der Waals surface area (Å²) in [6, 6.07) is 0. The number of hydrogen-bond donors (Lipinski definition) is 1. The topological polar surface area (TPSA) is 79.4 Å². The predicted octanol–water partition coefficient (Wildman–Crippen LogP) is 0.889. The van der Waals surface area contributed by atoms with Crippen LogP contribution in [-0.4, -0.2) is 34.2 Å². The minimum absolute atomic E-state index is 0.170. The molecule has 3 aliphatic rings. The van der Waals surface area contributed by atoms with Crippen LogP contribution in [0.1, 0.15) is 6.42 Å². The lowest BCUT2D eigenvalue weighted by molar-refractivity contribution is -0.143. The molecule has 2 bridgehead atoms. The zero-order valence-electron chi connectivity index (χ0n) is 11.1. The molecule has 2 fully saturated rings. The molecule has 0 radical (unpaired) electrons. The zero-order valence-corrected chi connectivity index (χ0v) is 11.9. The van der Waals surface area contributed by atoms with Crippen molar-refractivity contribution in [2.45, 2.75) is 6.42 Å². The Kier molecular flexibility index (Phi) is 2.72. The summed E-state index contributed by atoms with van der Waals surface area (Å²) in [5.41, 5.74) is 0. The van der Waals surface area contributed by atoms with E-state index in [1.807, 2.05) is 12.2 Å². The minimum atomic E-state index is -0.382. The minimum Gasteiger partial charge on any atom is -0.300 e. The molecule has 7 heteroatoms. The first-order chi connectivity index (χ1) is 10.1. The average Bonchev–Trinajstić information content (AvgIpc) is 3.20. The number of hydrogen-bond acceptors (Lipinski definition) is 5. The van der Waals surface area contributed by atoms with E-state index in [1.54, 1.807) is 11.6 Å². The third kappa shape index (κ3) is 1.84. The number of aromatic nitrogens is 1. The highest BCUT2D eigenvalue weighted by atomic mass is 32.1. The lowest BCUT2D eigenvalue weighted by atomic mass is 9.85. The second-order valence-electron chi connectivity index (χ2n) is 5.65. The van der Waals surface area contributed by atoms with Crippen molar-refractivity contribution in [3.63, 3.8) is 0 Å². The SMILES string of the molecule is O=C(CN1C(=O)[C@@H]2[C@H](C1=O)[C@H]1C=C[C@@H]2C1)Nc1nccs1. The maximum atomic E-state index is 12.4. The van der Waals surface area contributed by atoms with Gasteiger partial charge in [-0.2, -0.15) is 0 Å². The second kappa shape index (κ2) is 4.49. The molecule has 0 aromatic carbocycles. The first-order valence-corrected chi connectivity index (χ1v) is 7.76. The van der Waals surface area contributed by atoms with E-state index in [2.05, 4.69) is 10.3 Å². The van der Waals surface area contributed by atoms with Gasteiger partial charge in [-0.15, -0.1) is 11.3 Å². The molecular weight excluding hydrogens is 290 g/mol. The molecule has 2 aliphatic carbocycles.